The van der Waals surface area contributed by atoms with Crippen LogP contribution in [-0.4, -0.2) is 15.1 Å². The smallest absolute Gasteiger partial charge is 1.00 e. The van der Waals surface area contributed by atoms with E-state index in [2.05, 4.69) is 9.97 Å². The molecule has 0 bridgehead atoms. The van der Waals surface area contributed by atoms with Gasteiger partial charge in [-0.25, -0.2) is 0 Å². The number of thiophene rings is 1. The number of hydrogen-bond donors (Lipinski definition) is 2. The molecular formula is C12H9N2NaO2S. The van der Waals surface area contributed by atoms with Gasteiger partial charge in [0.15, 0.2) is 0 Å². The molecule has 4 nitrogen and oxygen atoms in total. The van der Waals surface area contributed by atoms with Crippen molar-refractivity contribution in [2.75, 3.05) is 0 Å². The van der Waals surface area contributed by atoms with Crippen molar-refractivity contribution in [1.82, 2.24) is 9.97 Å². The van der Waals surface area contributed by atoms with E-state index in [4.69, 9.17) is 0 Å². The molecule has 2 heterocycles. The summed E-state index contributed by atoms with van der Waals surface area (Å²) >= 11 is 1.58. The molecule has 0 spiro atoms. The van der Waals surface area contributed by atoms with Gasteiger partial charge in [0.1, 0.15) is 5.82 Å². The van der Waals surface area contributed by atoms with Gasteiger partial charge in [-0.1, -0.05) is 18.2 Å². The number of fused-ring (bicyclic) bond motifs is 1. The van der Waals surface area contributed by atoms with E-state index in [1.807, 2.05) is 29.6 Å². The molecule has 0 atom stereocenters. The molecule has 0 saturated heterocycles. The summed E-state index contributed by atoms with van der Waals surface area (Å²) in [6, 6.07) is 8.91. The van der Waals surface area contributed by atoms with Gasteiger partial charge in [0, 0.05) is 21.0 Å². The van der Waals surface area contributed by atoms with Crippen LogP contribution in [0.15, 0.2) is 40.5 Å². The van der Waals surface area contributed by atoms with Crippen molar-refractivity contribution in [1.29, 1.82) is 0 Å². The second-order valence-corrected chi connectivity index (χ2v) is 4.51. The zero-order valence-electron chi connectivity index (χ0n) is 10.7. The Balaban J connectivity index is 0.000000902. The van der Waals surface area contributed by atoms with E-state index >= 15 is 0 Å². The normalized spacial score (nSPS) is 10.2. The monoisotopic (exact) mass is 268 g/mol. The summed E-state index contributed by atoms with van der Waals surface area (Å²) in [5.74, 6) is 0.131. The number of hydrogen-bond acceptors (Lipinski definition) is 4. The molecular weight excluding hydrogens is 259 g/mol. The maximum atomic E-state index is 11.3. The van der Waals surface area contributed by atoms with Crippen LogP contribution >= 0.6 is 11.3 Å². The Morgan fingerprint density at radius 3 is 2.89 bits per heavy atom. The number of nitrogens with zero attached hydrogens (tertiary/aromatic N) is 1. The molecule has 1 aromatic carbocycles. The maximum absolute atomic E-state index is 11.3. The fourth-order valence-electron chi connectivity index (χ4n) is 1.73. The van der Waals surface area contributed by atoms with Gasteiger partial charge in [-0.15, -0.1) is 11.3 Å². The van der Waals surface area contributed by atoms with Crippen molar-refractivity contribution in [3.63, 3.8) is 0 Å². The standard InChI is InChI=1S/C12H8N2O2S.Na.H/c15-10-5-11(16)14-12(13-10)8-6-17-9-4-2-1-3-7(8)9;;/h1-6H,(H2,13,14,15,16);;/q;+1;-1. The Kier molecular flexibility index (Phi) is 3.87. The number of nitrogens with one attached hydrogen (secondary N) is 1. The molecule has 0 fully saturated rings. The van der Waals surface area contributed by atoms with Crippen LogP contribution in [0.3, 0.4) is 0 Å². The van der Waals surface area contributed by atoms with E-state index in [0.717, 1.165) is 21.7 Å². The third-order valence-corrected chi connectivity index (χ3v) is 3.43. The molecule has 0 amide bonds. The third kappa shape index (κ3) is 2.35. The van der Waals surface area contributed by atoms with Crippen LogP contribution < -0.4 is 35.1 Å². The summed E-state index contributed by atoms with van der Waals surface area (Å²) in [7, 11) is 0. The fraction of sp³-hybridized carbons (Fsp3) is 0. The van der Waals surface area contributed by atoms with Gasteiger partial charge in [0.2, 0.25) is 5.88 Å². The predicted octanol–water partition coefficient (Wildman–Crippen LogP) is -0.526. The molecule has 0 radical (unpaired) electrons. The first-order chi connectivity index (χ1) is 8.24. The number of aromatic nitrogens is 2. The summed E-state index contributed by atoms with van der Waals surface area (Å²) in [6.07, 6.45) is 0. The van der Waals surface area contributed by atoms with Crippen molar-refractivity contribution >= 4 is 21.4 Å². The van der Waals surface area contributed by atoms with Gasteiger partial charge in [-0.2, -0.15) is 4.98 Å². The summed E-state index contributed by atoms with van der Waals surface area (Å²) in [5.41, 5.74) is 0.474. The molecule has 0 aliphatic heterocycles. The second-order valence-electron chi connectivity index (χ2n) is 3.60. The van der Waals surface area contributed by atoms with Crippen molar-refractivity contribution in [3.8, 4) is 17.3 Å². The van der Waals surface area contributed by atoms with Gasteiger partial charge in [0.25, 0.3) is 5.56 Å². The Bertz CT molecular complexity index is 757. The average molecular weight is 268 g/mol. The zero-order valence-corrected chi connectivity index (χ0v) is 12.5. The number of rotatable bonds is 1. The molecule has 3 aromatic rings. The molecule has 6 heteroatoms. The minimum Gasteiger partial charge on any atom is -1.00 e. The first-order valence-corrected chi connectivity index (χ1v) is 5.89. The average Bonchev–Trinajstić information content (AvgIpc) is 2.71. The Labute approximate surface area is 130 Å². The third-order valence-electron chi connectivity index (χ3n) is 2.46. The molecule has 2 aromatic heterocycles. The molecule has 3 rings (SSSR count). The summed E-state index contributed by atoms with van der Waals surface area (Å²) in [5, 5.41) is 12.3. The van der Waals surface area contributed by atoms with Crippen LogP contribution in [0.2, 0.25) is 0 Å². The SMILES string of the molecule is O=c1cc(O)nc(-c2csc3ccccc23)[nH]1.[H-].[Na+]. The Morgan fingerprint density at radius 1 is 1.33 bits per heavy atom. The first-order valence-electron chi connectivity index (χ1n) is 5.01. The fourth-order valence-corrected chi connectivity index (χ4v) is 2.68. The van der Waals surface area contributed by atoms with Gasteiger partial charge < -0.3 is 11.5 Å². The van der Waals surface area contributed by atoms with E-state index in [0.29, 0.717) is 5.82 Å². The molecule has 86 valence electrons. The van der Waals surface area contributed by atoms with E-state index in [-0.39, 0.29) is 42.4 Å². The molecule has 2 N–H and O–H groups in total. The largest absolute Gasteiger partial charge is 1.00 e. The van der Waals surface area contributed by atoms with Crippen LogP contribution in [0.4, 0.5) is 0 Å². The molecule has 18 heavy (non-hydrogen) atoms. The summed E-state index contributed by atoms with van der Waals surface area (Å²) < 4.78 is 1.12. The molecule has 0 saturated carbocycles. The Morgan fingerprint density at radius 2 is 2.11 bits per heavy atom. The van der Waals surface area contributed by atoms with Crippen LogP contribution in [0.1, 0.15) is 1.43 Å². The number of benzene rings is 1. The molecule has 0 aliphatic rings. The predicted molar refractivity (Wildman–Crippen MR) is 68.5 cm³/mol. The zero-order chi connectivity index (χ0) is 11.8. The van der Waals surface area contributed by atoms with E-state index < -0.39 is 0 Å². The minimum atomic E-state index is -0.359. The first kappa shape index (κ1) is 13.3. The minimum absolute atomic E-state index is 0. The van der Waals surface area contributed by atoms with Gasteiger partial charge in [0.05, 0.1) is 6.07 Å². The second kappa shape index (κ2) is 5.24. The summed E-state index contributed by atoms with van der Waals surface area (Å²) in [4.78, 5) is 17.8. The van der Waals surface area contributed by atoms with E-state index in [1.54, 1.807) is 11.3 Å². The molecule has 0 unspecified atom stereocenters. The topological polar surface area (TPSA) is 66.0 Å². The van der Waals surface area contributed by atoms with Gasteiger partial charge in [-0.05, 0) is 6.07 Å². The quantitative estimate of drug-likeness (QED) is 0.583. The van der Waals surface area contributed by atoms with Crippen LogP contribution in [0, 0.1) is 0 Å². The number of H-pyrrole nitrogens is 1. The van der Waals surface area contributed by atoms with Gasteiger partial charge >= 0.3 is 29.6 Å². The van der Waals surface area contributed by atoms with Crippen molar-refractivity contribution in [2.45, 2.75) is 0 Å². The molecule has 0 aliphatic carbocycles. The number of aromatic amines is 1. The van der Waals surface area contributed by atoms with Gasteiger partial charge in [-0.3, -0.25) is 4.79 Å². The van der Waals surface area contributed by atoms with E-state index in [9.17, 15) is 9.90 Å². The number of aromatic hydroxyl groups is 1. The van der Waals surface area contributed by atoms with Crippen molar-refractivity contribution in [3.05, 3.63) is 46.1 Å². The maximum Gasteiger partial charge on any atom is 1.00 e. The van der Waals surface area contributed by atoms with Crippen molar-refractivity contribution < 1.29 is 36.1 Å². The summed E-state index contributed by atoms with van der Waals surface area (Å²) in [6.45, 7) is 0. The van der Waals surface area contributed by atoms with E-state index in [1.165, 1.54) is 0 Å². The van der Waals surface area contributed by atoms with Crippen LogP contribution in [-0.2, 0) is 0 Å². The van der Waals surface area contributed by atoms with Crippen LogP contribution in [0.25, 0.3) is 21.5 Å². The van der Waals surface area contributed by atoms with Crippen LogP contribution in [0.5, 0.6) is 5.88 Å². The van der Waals surface area contributed by atoms with Crippen molar-refractivity contribution in [2.24, 2.45) is 0 Å². The Hall–Kier alpha value is -1.14.